The number of rotatable bonds is 0. The van der Waals surface area contributed by atoms with Gasteiger partial charge in [0.2, 0.25) is 0 Å². The topological polar surface area (TPSA) is 0 Å². The molecule has 1 heterocycles. The Balaban J connectivity index is 2.57. The molecule has 0 nitrogen and oxygen atoms in total. The Kier molecular flexibility index (Phi) is 1.83. The maximum atomic E-state index is 2.28. The summed E-state index contributed by atoms with van der Waals surface area (Å²) < 4.78 is 2.83. The van der Waals surface area contributed by atoms with E-state index in [-0.39, 0.29) is 0 Å². The molecule has 0 unspecified atom stereocenters. The van der Waals surface area contributed by atoms with Crippen molar-refractivity contribution in [3.8, 4) is 0 Å². The zero-order chi connectivity index (χ0) is 10.4. The van der Waals surface area contributed by atoms with Crippen LogP contribution < -0.4 is 0 Å². The highest BCUT2D eigenvalue weighted by Gasteiger charge is 2.05. The van der Waals surface area contributed by atoms with E-state index < -0.39 is 0 Å². The van der Waals surface area contributed by atoms with Gasteiger partial charge in [-0.25, -0.2) is 0 Å². The molecule has 1 aromatic heterocycles. The second-order valence-corrected chi connectivity index (χ2v) is 5.11. The molecule has 0 aliphatic heterocycles. The molecule has 0 saturated heterocycles. The fourth-order valence-electron chi connectivity index (χ4n) is 2.05. The molecule has 0 aliphatic carbocycles. The molecular weight excluding hydrogens is 200 g/mol. The second kappa shape index (κ2) is 3.07. The van der Waals surface area contributed by atoms with E-state index in [9.17, 15) is 0 Å². The average Bonchev–Trinajstić information content (AvgIpc) is 2.57. The predicted octanol–water partition coefficient (Wildman–Crippen LogP) is 4.67. The number of hydrogen-bond donors (Lipinski definition) is 0. The van der Waals surface area contributed by atoms with E-state index in [0.29, 0.717) is 0 Å². The number of aryl methyl sites for hydroxylation is 2. The summed E-state index contributed by atoms with van der Waals surface area (Å²) in [5.74, 6) is 0. The van der Waals surface area contributed by atoms with Crippen molar-refractivity contribution in [3.05, 3.63) is 47.5 Å². The number of thiophene rings is 1. The monoisotopic (exact) mass is 212 g/mol. The first-order valence-electron chi connectivity index (χ1n) is 5.14. The van der Waals surface area contributed by atoms with Gasteiger partial charge in [-0.1, -0.05) is 30.3 Å². The van der Waals surface area contributed by atoms with E-state index >= 15 is 0 Å². The summed E-state index contributed by atoms with van der Waals surface area (Å²) in [6.07, 6.45) is 0. The Hall–Kier alpha value is -1.34. The third-order valence-corrected chi connectivity index (χ3v) is 4.15. The third kappa shape index (κ3) is 1.27. The summed E-state index contributed by atoms with van der Waals surface area (Å²) in [5, 5.41) is 2.79. The molecule has 2 aromatic carbocycles. The van der Waals surface area contributed by atoms with Crippen LogP contribution in [0.3, 0.4) is 0 Å². The van der Waals surface area contributed by atoms with Crippen LogP contribution in [0.25, 0.3) is 20.2 Å². The van der Waals surface area contributed by atoms with Crippen LogP contribution in [0.5, 0.6) is 0 Å². The number of fused-ring (bicyclic) bond motifs is 3. The van der Waals surface area contributed by atoms with Gasteiger partial charge in [-0.2, -0.15) is 0 Å². The molecule has 0 bridgehead atoms. The average molecular weight is 212 g/mol. The highest BCUT2D eigenvalue weighted by molar-refractivity contribution is 7.26. The molecule has 0 fully saturated rings. The fourth-order valence-corrected chi connectivity index (χ4v) is 3.32. The minimum Gasteiger partial charge on any atom is -0.135 e. The minimum atomic E-state index is 1.34. The number of benzene rings is 2. The summed E-state index contributed by atoms with van der Waals surface area (Å²) in [4.78, 5) is 0. The molecule has 0 aliphatic rings. The fraction of sp³-hybridized carbons (Fsp3) is 0.143. The quantitative estimate of drug-likeness (QED) is 0.508. The lowest BCUT2D eigenvalue weighted by Crippen LogP contribution is -1.71. The second-order valence-electron chi connectivity index (χ2n) is 4.05. The maximum absolute atomic E-state index is 2.28. The van der Waals surface area contributed by atoms with Crippen LogP contribution >= 0.6 is 11.3 Å². The van der Waals surface area contributed by atoms with E-state index in [1.807, 2.05) is 11.3 Å². The van der Waals surface area contributed by atoms with E-state index in [4.69, 9.17) is 0 Å². The van der Waals surface area contributed by atoms with Gasteiger partial charge in [-0.3, -0.25) is 0 Å². The SMILES string of the molecule is Cc1ccc2c(c1)sc1c(C)cccc12. The van der Waals surface area contributed by atoms with Crippen LogP contribution in [0.4, 0.5) is 0 Å². The van der Waals surface area contributed by atoms with Gasteiger partial charge in [0.1, 0.15) is 0 Å². The first-order valence-corrected chi connectivity index (χ1v) is 5.96. The Labute approximate surface area is 93.2 Å². The highest BCUT2D eigenvalue weighted by Crippen LogP contribution is 2.35. The first kappa shape index (κ1) is 8.93. The van der Waals surface area contributed by atoms with E-state index in [0.717, 1.165) is 0 Å². The third-order valence-electron chi connectivity index (χ3n) is 2.85. The van der Waals surface area contributed by atoms with Gasteiger partial charge in [0.15, 0.2) is 0 Å². The lowest BCUT2D eigenvalue weighted by molar-refractivity contribution is 1.52. The molecule has 0 saturated carbocycles. The van der Waals surface area contributed by atoms with Crippen molar-refractivity contribution in [1.82, 2.24) is 0 Å². The van der Waals surface area contributed by atoms with Crippen LogP contribution in [0.15, 0.2) is 36.4 Å². The van der Waals surface area contributed by atoms with Gasteiger partial charge in [0, 0.05) is 20.2 Å². The largest absolute Gasteiger partial charge is 0.135 e. The summed E-state index contributed by atoms with van der Waals surface area (Å²) in [6, 6.07) is 13.3. The summed E-state index contributed by atoms with van der Waals surface area (Å²) in [5.41, 5.74) is 2.72. The molecule has 74 valence electrons. The summed E-state index contributed by atoms with van der Waals surface area (Å²) >= 11 is 1.90. The number of hydrogen-bond acceptors (Lipinski definition) is 1. The van der Waals surface area contributed by atoms with Gasteiger partial charge < -0.3 is 0 Å². The van der Waals surface area contributed by atoms with Crippen molar-refractivity contribution in [1.29, 1.82) is 0 Å². The van der Waals surface area contributed by atoms with Gasteiger partial charge >= 0.3 is 0 Å². The first-order chi connectivity index (χ1) is 7.25. The molecule has 0 spiro atoms. The van der Waals surface area contributed by atoms with Gasteiger partial charge in [0.05, 0.1) is 0 Å². The van der Waals surface area contributed by atoms with Crippen LogP contribution in [-0.2, 0) is 0 Å². The molecule has 0 radical (unpaired) electrons. The van der Waals surface area contributed by atoms with Crippen molar-refractivity contribution < 1.29 is 0 Å². The van der Waals surface area contributed by atoms with Crippen LogP contribution in [-0.4, -0.2) is 0 Å². The van der Waals surface area contributed by atoms with Crippen LogP contribution in [0, 0.1) is 13.8 Å². The van der Waals surface area contributed by atoms with E-state index in [1.165, 1.54) is 31.3 Å². The van der Waals surface area contributed by atoms with Gasteiger partial charge in [-0.05, 0) is 31.0 Å². The zero-order valence-electron chi connectivity index (χ0n) is 8.87. The van der Waals surface area contributed by atoms with Crippen molar-refractivity contribution in [2.45, 2.75) is 13.8 Å². The van der Waals surface area contributed by atoms with E-state index in [2.05, 4.69) is 50.2 Å². The lowest BCUT2D eigenvalue weighted by atomic mass is 10.1. The Morgan fingerprint density at radius 2 is 1.80 bits per heavy atom. The molecule has 0 atom stereocenters. The Morgan fingerprint density at radius 3 is 2.67 bits per heavy atom. The summed E-state index contributed by atoms with van der Waals surface area (Å²) in [6.45, 7) is 4.33. The smallest absolute Gasteiger partial charge is 0.0384 e. The maximum Gasteiger partial charge on any atom is 0.0384 e. The molecule has 1 heteroatoms. The predicted molar refractivity (Wildman–Crippen MR) is 68.8 cm³/mol. The zero-order valence-corrected chi connectivity index (χ0v) is 9.69. The highest BCUT2D eigenvalue weighted by atomic mass is 32.1. The molecule has 3 aromatic rings. The normalized spacial score (nSPS) is 11.3. The van der Waals surface area contributed by atoms with Crippen LogP contribution in [0.2, 0.25) is 0 Å². The van der Waals surface area contributed by atoms with Crippen molar-refractivity contribution in [2.24, 2.45) is 0 Å². The molecule has 0 amide bonds. The van der Waals surface area contributed by atoms with Crippen molar-refractivity contribution in [2.75, 3.05) is 0 Å². The molecular formula is C14H12S. The minimum absolute atomic E-state index is 1.34. The van der Waals surface area contributed by atoms with Crippen molar-refractivity contribution >= 4 is 31.5 Å². The van der Waals surface area contributed by atoms with Gasteiger partial charge in [0.25, 0.3) is 0 Å². The van der Waals surface area contributed by atoms with Crippen molar-refractivity contribution in [3.63, 3.8) is 0 Å². The Bertz CT molecular complexity index is 647. The Morgan fingerprint density at radius 1 is 0.933 bits per heavy atom. The summed E-state index contributed by atoms with van der Waals surface area (Å²) in [7, 11) is 0. The lowest BCUT2D eigenvalue weighted by Gasteiger charge is -1.94. The molecule has 3 rings (SSSR count). The standard InChI is InChI=1S/C14H12S/c1-9-6-7-11-12-5-3-4-10(2)14(12)15-13(11)8-9/h3-8H,1-2H3. The van der Waals surface area contributed by atoms with Crippen LogP contribution in [0.1, 0.15) is 11.1 Å². The van der Waals surface area contributed by atoms with E-state index in [1.54, 1.807) is 0 Å². The molecule has 15 heavy (non-hydrogen) atoms. The molecule has 0 N–H and O–H groups in total. The van der Waals surface area contributed by atoms with Gasteiger partial charge in [-0.15, -0.1) is 11.3 Å².